The van der Waals surface area contributed by atoms with Crippen LogP contribution in [0.2, 0.25) is 0 Å². The van der Waals surface area contributed by atoms with Gasteiger partial charge in [-0.2, -0.15) is 0 Å². The zero-order valence-electron chi connectivity index (χ0n) is 19.2. The molecule has 0 aromatic heterocycles. The molecule has 0 unspecified atom stereocenters. The van der Waals surface area contributed by atoms with Gasteiger partial charge in [-0.15, -0.1) is 0 Å². The third-order valence-electron chi connectivity index (χ3n) is 5.24. The van der Waals surface area contributed by atoms with E-state index in [0.717, 1.165) is 25.9 Å². The Balaban J connectivity index is 2.71. The Morgan fingerprint density at radius 2 is 1.68 bits per heavy atom. The van der Waals surface area contributed by atoms with Gasteiger partial charge >= 0.3 is 0 Å². The van der Waals surface area contributed by atoms with E-state index in [4.69, 9.17) is 18.9 Å². The minimum absolute atomic E-state index is 0.322. The number of carbonyl (C=O) groups is 1. The molecule has 0 amide bonds. The monoisotopic (exact) mass is 433 g/mol. The van der Waals surface area contributed by atoms with Crippen LogP contribution in [0.1, 0.15) is 36.7 Å². The lowest BCUT2D eigenvalue weighted by atomic mass is 9.93. The van der Waals surface area contributed by atoms with E-state index in [-0.39, 0.29) is 0 Å². The van der Waals surface area contributed by atoms with Gasteiger partial charge in [0.2, 0.25) is 5.75 Å². The third-order valence-corrected chi connectivity index (χ3v) is 5.24. The summed E-state index contributed by atoms with van der Waals surface area (Å²) in [5.41, 5.74) is 2.01. The van der Waals surface area contributed by atoms with Crippen LogP contribution in [0, 0.1) is 12.7 Å². The molecule has 0 spiro atoms. The fourth-order valence-electron chi connectivity index (χ4n) is 3.60. The van der Waals surface area contributed by atoms with Gasteiger partial charge < -0.3 is 23.8 Å². The summed E-state index contributed by atoms with van der Waals surface area (Å²) >= 11 is 0. The summed E-state index contributed by atoms with van der Waals surface area (Å²) in [6, 6.07) is 4.20. The van der Waals surface area contributed by atoms with Crippen LogP contribution in [0.25, 0.3) is 11.1 Å². The molecule has 0 saturated carbocycles. The Morgan fingerprint density at radius 3 is 2.23 bits per heavy atom. The molecule has 31 heavy (non-hydrogen) atoms. The lowest BCUT2D eigenvalue weighted by Crippen LogP contribution is -2.28. The van der Waals surface area contributed by atoms with E-state index >= 15 is 0 Å². The number of aldehydes is 1. The second-order valence-electron chi connectivity index (χ2n) is 6.88. The zero-order valence-corrected chi connectivity index (χ0v) is 19.2. The van der Waals surface area contributed by atoms with Crippen LogP contribution in [0.3, 0.4) is 0 Å². The highest BCUT2D eigenvalue weighted by atomic mass is 19.1. The van der Waals surface area contributed by atoms with Crippen molar-refractivity contribution in [2.75, 3.05) is 47.1 Å². The van der Waals surface area contributed by atoms with Crippen molar-refractivity contribution in [1.29, 1.82) is 0 Å². The predicted octanol–water partition coefficient (Wildman–Crippen LogP) is 4.75. The molecule has 2 aromatic rings. The summed E-state index contributed by atoms with van der Waals surface area (Å²) in [6.45, 7) is 11.1. The van der Waals surface area contributed by atoms with E-state index in [0.29, 0.717) is 58.5 Å². The molecule has 0 fully saturated rings. The molecular formula is C24H32FNO5. The first-order valence-electron chi connectivity index (χ1n) is 10.5. The van der Waals surface area contributed by atoms with Gasteiger partial charge in [-0.3, -0.25) is 4.79 Å². The molecule has 0 N–H and O–H groups in total. The molecule has 0 heterocycles. The molecule has 0 saturated heterocycles. The van der Waals surface area contributed by atoms with Crippen LogP contribution >= 0.6 is 0 Å². The number of methoxy groups -OCH3 is 2. The van der Waals surface area contributed by atoms with Crippen molar-refractivity contribution in [1.82, 2.24) is 4.90 Å². The molecular weight excluding hydrogens is 401 g/mol. The van der Waals surface area contributed by atoms with E-state index in [1.165, 1.54) is 26.4 Å². The molecule has 0 aliphatic heterocycles. The normalized spacial score (nSPS) is 10.8. The molecule has 0 aliphatic rings. The summed E-state index contributed by atoms with van der Waals surface area (Å²) in [5.74, 6) is 1.07. The van der Waals surface area contributed by atoms with Gasteiger partial charge in [0.25, 0.3) is 0 Å². The Morgan fingerprint density at radius 1 is 1.00 bits per heavy atom. The number of halogens is 1. The predicted molar refractivity (Wildman–Crippen MR) is 120 cm³/mol. The molecule has 0 aliphatic carbocycles. The van der Waals surface area contributed by atoms with Crippen molar-refractivity contribution in [2.24, 2.45) is 0 Å². The van der Waals surface area contributed by atoms with E-state index < -0.39 is 5.82 Å². The fourth-order valence-corrected chi connectivity index (χ4v) is 3.60. The first-order chi connectivity index (χ1) is 15.0. The molecule has 6 nitrogen and oxygen atoms in total. The van der Waals surface area contributed by atoms with Crippen LogP contribution in [0.4, 0.5) is 4.39 Å². The number of hydrogen-bond donors (Lipinski definition) is 0. The van der Waals surface area contributed by atoms with Crippen molar-refractivity contribution >= 4 is 6.29 Å². The summed E-state index contributed by atoms with van der Waals surface area (Å²) in [7, 11) is 3.03. The van der Waals surface area contributed by atoms with Gasteiger partial charge in [0.1, 0.15) is 18.2 Å². The van der Waals surface area contributed by atoms with Crippen LogP contribution in [-0.2, 0) is 0 Å². The van der Waals surface area contributed by atoms with Crippen molar-refractivity contribution in [3.63, 3.8) is 0 Å². The molecule has 2 rings (SSSR count). The van der Waals surface area contributed by atoms with Crippen molar-refractivity contribution in [3.05, 3.63) is 35.1 Å². The number of likely N-dealkylation sites (N-methyl/N-ethyl adjacent to an activating group) is 1. The summed E-state index contributed by atoms with van der Waals surface area (Å²) < 4.78 is 37.0. The zero-order chi connectivity index (χ0) is 23.0. The Labute approximate surface area is 183 Å². The standard InChI is InChI=1S/C24H32FNO5/c1-7-26(8-2)12-13-31-24-22(28-5)16(4)19(15-27)21(23(24)29-6)18-11-10-17(25)14-20(18)30-9-3/h10-11,14-15H,7-9,12-13H2,1-6H3. The smallest absolute Gasteiger partial charge is 0.204 e. The van der Waals surface area contributed by atoms with Crippen molar-refractivity contribution in [2.45, 2.75) is 27.7 Å². The van der Waals surface area contributed by atoms with Gasteiger partial charge in [-0.1, -0.05) is 13.8 Å². The van der Waals surface area contributed by atoms with Crippen LogP contribution in [-0.4, -0.2) is 58.3 Å². The number of rotatable bonds is 12. The maximum absolute atomic E-state index is 13.9. The highest BCUT2D eigenvalue weighted by molar-refractivity contribution is 5.97. The minimum Gasteiger partial charge on any atom is -0.493 e. The number of benzene rings is 2. The Hall–Kier alpha value is -2.80. The van der Waals surface area contributed by atoms with Crippen molar-refractivity contribution < 1.29 is 28.1 Å². The van der Waals surface area contributed by atoms with Crippen LogP contribution < -0.4 is 18.9 Å². The first kappa shape index (κ1) is 24.5. The van der Waals surface area contributed by atoms with E-state index in [1.54, 1.807) is 13.0 Å². The summed E-state index contributed by atoms with van der Waals surface area (Å²) in [6.07, 6.45) is 0.745. The number of ether oxygens (including phenoxy) is 4. The second kappa shape index (κ2) is 11.6. The Bertz CT molecular complexity index is 896. The minimum atomic E-state index is -0.431. The molecule has 0 radical (unpaired) electrons. The number of nitrogens with zero attached hydrogens (tertiary/aromatic N) is 1. The van der Waals surface area contributed by atoms with Crippen LogP contribution in [0.5, 0.6) is 23.0 Å². The number of carbonyl (C=O) groups excluding carboxylic acids is 1. The van der Waals surface area contributed by atoms with E-state index in [2.05, 4.69) is 18.7 Å². The molecule has 7 heteroatoms. The van der Waals surface area contributed by atoms with E-state index in [9.17, 15) is 9.18 Å². The number of hydrogen-bond acceptors (Lipinski definition) is 6. The Kier molecular flexibility index (Phi) is 9.12. The van der Waals surface area contributed by atoms with Gasteiger partial charge in [-0.25, -0.2) is 4.39 Å². The largest absolute Gasteiger partial charge is 0.493 e. The topological polar surface area (TPSA) is 57.2 Å². The van der Waals surface area contributed by atoms with Crippen LogP contribution in [0.15, 0.2) is 18.2 Å². The summed E-state index contributed by atoms with van der Waals surface area (Å²) in [4.78, 5) is 14.3. The fraction of sp³-hybridized carbons (Fsp3) is 0.458. The SMILES string of the molecule is CCOc1cc(F)ccc1-c1c(C=O)c(C)c(OC)c(OCCN(CC)CC)c1OC. The molecule has 0 bridgehead atoms. The highest BCUT2D eigenvalue weighted by Gasteiger charge is 2.27. The van der Waals surface area contributed by atoms with Gasteiger partial charge in [0.05, 0.1) is 20.8 Å². The summed E-state index contributed by atoms with van der Waals surface area (Å²) in [5, 5.41) is 0. The van der Waals surface area contributed by atoms with E-state index in [1.807, 2.05) is 6.92 Å². The molecule has 170 valence electrons. The third kappa shape index (κ3) is 5.28. The van der Waals surface area contributed by atoms with Gasteiger partial charge in [0.15, 0.2) is 17.8 Å². The van der Waals surface area contributed by atoms with Gasteiger partial charge in [0, 0.05) is 34.9 Å². The first-order valence-corrected chi connectivity index (χ1v) is 10.5. The quantitative estimate of drug-likeness (QED) is 0.450. The highest BCUT2D eigenvalue weighted by Crippen LogP contribution is 2.50. The molecule has 2 aromatic carbocycles. The van der Waals surface area contributed by atoms with Gasteiger partial charge in [-0.05, 0) is 39.1 Å². The average Bonchev–Trinajstić information content (AvgIpc) is 2.77. The second-order valence-corrected chi connectivity index (χ2v) is 6.88. The lowest BCUT2D eigenvalue weighted by Gasteiger charge is -2.24. The molecule has 0 atom stereocenters. The maximum atomic E-state index is 13.9. The maximum Gasteiger partial charge on any atom is 0.204 e. The lowest BCUT2D eigenvalue weighted by molar-refractivity contribution is 0.112. The van der Waals surface area contributed by atoms with Crippen molar-refractivity contribution in [3.8, 4) is 34.1 Å². The average molecular weight is 434 g/mol.